The number of alkyl halides is 2. The fourth-order valence-electron chi connectivity index (χ4n) is 2.90. The highest BCUT2D eigenvalue weighted by atomic mass is 35.5. The second-order valence-electron chi connectivity index (χ2n) is 5.82. The molecule has 1 aliphatic rings. The molecule has 0 aromatic heterocycles. The molecule has 0 bridgehead atoms. The molecule has 1 aromatic rings. The molecular weight excluding hydrogens is 370 g/mol. The van der Waals surface area contributed by atoms with Gasteiger partial charge in [-0.15, -0.1) is 12.4 Å². The van der Waals surface area contributed by atoms with Gasteiger partial charge in [0.1, 0.15) is 5.60 Å². The first kappa shape index (κ1) is 22.4. The number of halogens is 3. The molecule has 148 valence electrons. The van der Waals surface area contributed by atoms with Crippen molar-refractivity contribution in [2.45, 2.75) is 31.5 Å². The lowest BCUT2D eigenvalue weighted by Crippen LogP contribution is -2.54. The van der Waals surface area contributed by atoms with Crippen molar-refractivity contribution in [1.29, 1.82) is 0 Å². The lowest BCUT2D eigenvalue weighted by Gasteiger charge is -2.34. The second-order valence-corrected chi connectivity index (χ2v) is 5.82. The van der Waals surface area contributed by atoms with E-state index in [1.807, 2.05) is 0 Å². The summed E-state index contributed by atoms with van der Waals surface area (Å²) in [6.07, 6.45) is 1.71. The number of carbonyl (C=O) groups is 1. The lowest BCUT2D eigenvalue weighted by molar-refractivity contribution is -0.146. The summed E-state index contributed by atoms with van der Waals surface area (Å²) in [5.74, 6) is 0.0724. The minimum Gasteiger partial charge on any atom is -0.493 e. The average Bonchev–Trinajstić information content (AvgIpc) is 2.62. The fraction of sp³-hybridized carbons (Fsp3) is 0.588. The van der Waals surface area contributed by atoms with Crippen LogP contribution in [-0.4, -0.2) is 52.0 Å². The Bertz CT molecular complexity index is 584. The number of methoxy groups -OCH3 is 2. The molecule has 9 heteroatoms. The minimum absolute atomic E-state index is 0. The molecule has 1 aromatic carbocycles. The number of hydrogen-bond donors (Lipinski definition) is 2. The van der Waals surface area contributed by atoms with Crippen molar-refractivity contribution in [2.24, 2.45) is 0 Å². The Kier molecular flexibility index (Phi) is 9.04. The zero-order valence-electron chi connectivity index (χ0n) is 14.8. The maximum absolute atomic E-state index is 12.5. The molecule has 0 spiro atoms. The maximum atomic E-state index is 12.5. The highest BCUT2D eigenvalue weighted by Gasteiger charge is 2.39. The van der Waals surface area contributed by atoms with Gasteiger partial charge in [0.25, 0.3) is 5.91 Å². The van der Waals surface area contributed by atoms with Crippen molar-refractivity contribution >= 4 is 18.3 Å². The number of rotatable bonds is 8. The highest BCUT2D eigenvalue weighted by molar-refractivity contribution is 5.85. The number of benzene rings is 1. The predicted octanol–water partition coefficient (Wildman–Crippen LogP) is 2.15. The van der Waals surface area contributed by atoms with Gasteiger partial charge in [0.15, 0.2) is 11.5 Å². The largest absolute Gasteiger partial charge is 0.493 e. The third-order valence-electron chi connectivity index (χ3n) is 4.36. The molecule has 0 unspecified atom stereocenters. The van der Waals surface area contributed by atoms with Crippen LogP contribution in [0.4, 0.5) is 8.78 Å². The van der Waals surface area contributed by atoms with Crippen LogP contribution in [0.3, 0.4) is 0 Å². The zero-order valence-corrected chi connectivity index (χ0v) is 15.7. The molecule has 1 heterocycles. The van der Waals surface area contributed by atoms with E-state index in [-0.39, 0.29) is 29.8 Å². The summed E-state index contributed by atoms with van der Waals surface area (Å²) in [4.78, 5) is 12.4. The molecular formula is C17H25ClF2N2O4. The molecule has 1 saturated heterocycles. The third-order valence-corrected chi connectivity index (χ3v) is 4.36. The van der Waals surface area contributed by atoms with E-state index in [1.165, 1.54) is 13.2 Å². The van der Waals surface area contributed by atoms with Crippen molar-refractivity contribution in [2.75, 3.05) is 33.9 Å². The molecule has 1 fully saturated rings. The molecule has 1 amide bonds. The van der Waals surface area contributed by atoms with Crippen LogP contribution >= 0.6 is 12.4 Å². The van der Waals surface area contributed by atoms with Crippen LogP contribution in [0.2, 0.25) is 0 Å². The van der Waals surface area contributed by atoms with Gasteiger partial charge in [-0.25, -0.2) is 0 Å². The standard InChI is InChI=1S/C17H24F2N2O4.ClH/c1-23-13-4-3-12(11-14(13)25-16(18)19)5-8-21-15(22)17(24-2)6-9-20-10-7-17;/h3-4,11,16,20H,5-10H2,1-2H3,(H,21,22);1H. The minimum atomic E-state index is -2.93. The van der Waals surface area contributed by atoms with Gasteiger partial charge in [-0.1, -0.05) is 6.07 Å². The van der Waals surface area contributed by atoms with Gasteiger partial charge >= 0.3 is 6.61 Å². The first-order valence-corrected chi connectivity index (χ1v) is 8.16. The Hall–Kier alpha value is -1.64. The van der Waals surface area contributed by atoms with Crippen LogP contribution in [-0.2, 0) is 16.0 Å². The van der Waals surface area contributed by atoms with Gasteiger partial charge in [-0.3, -0.25) is 4.79 Å². The Morgan fingerprint density at radius 1 is 1.27 bits per heavy atom. The molecule has 26 heavy (non-hydrogen) atoms. The summed E-state index contributed by atoms with van der Waals surface area (Å²) in [5, 5.41) is 6.07. The zero-order chi connectivity index (χ0) is 18.3. The number of nitrogens with one attached hydrogen (secondary N) is 2. The van der Waals surface area contributed by atoms with Crippen molar-refractivity contribution in [3.8, 4) is 11.5 Å². The quantitative estimate of drug-likeness (QED) is 0.707. The van der Waals surface area contributed by atoms with Gasteiger partial charge in [-0.05, 0) is 50.0 Å². The van der Waals surface area contributed by atoms with Crippen LogP contribution in [0.15, 0.2) is 18.2 Å². The SMILES string of the molecule is COc1ccc(CCNC(=O)C2(OC)CCNCC2)cc1OC(F)F.Cl. The summed E-state index contributed by atoms with van der Waals surface area (Å²) >= 11 is 0. The predicted molar refractivity (Wildman–Crippen MR) is 95.4 cm³/mol. The first-order valence-electron chi connectivity index (χ1n) is 8.16. The van der Waals surface area contributed by atoms with E-state index in [1.54, 1.807) is 19.2 Å². The smallest absolute Gasteiger partial charge is 0.387 e. The van der Waals surface area contributed by atoms with Crippen molar-refractivity contribution in [1.82, 2.24) is 10.6 Å². The molecule has 0 atom stereocenters. The Labute approximate surface area is 158 Å². The maximum Gasteiger partial charge on any atom is 0.387 e. The van der Waals surface area contributed by atoms with Crippen molar-refractivity contribution < 1.29 is 27.8 Å². The van der Waals surface area contributed by atoms with Crippen LogP contribution in [0.1, 0.15) is 18.4 Å². The van der Waals surface area contributed by atoms with Crippen molar-refractivity contribution in [3.63, 3.8) is 0 Å². The van der Waals surface area contributed by atoms with Crippen LogP contribution in [0.5, 0.6) is 11.5 Å². The van der Waals surface area contributed by atoms with E-state index in [0.717, 1.165) is 18.7 Å². The molecule has 0 aliphatic carbocycles. The number of ether oxygens (including phenoxy) is 3. The van der Waals surface area contributed by atoms with E-state index in [0.29, 0.717) is 25.8 Å². The summed E-state index contributed by atoms with van der Waals surface area (Å²) in [7, 11) is 2.93. The Morgan fingerprint density at radius 2 is 1.96 bits per heavy atom. The second kappa shape index (κ2) is 10.5. The molecule has 0 radical (unpaired) electrons. The van der Waals surface area contributed by atoms with Crippen LogP contribution in [0.25, 0.3) is 0 Å². The monoisotopic (exact) mass is 394 g/mol. The fourth-order valence-corrected chi connectivity index (χ4v) is 2.90. The number of hydrogen-bond acceptors (Lipinski definition) is 5. The molecule has 2 N–H and O–H groups in total. The van der Waals surface area contributed by atoms with Crippen LogP contribution in [0, 0.1) is 0 Å². The number of carbonyl (C=O) groups excluding carboxylic acids is 1. The van der Waals surface area contributed by atoms with Crippen LogP contribution < -0.4 is 20.1 Å². The molecule has 2 rings (SSSR count). The van der Waals surface area contributed by atoms with Gasteiger partial charge in [-0.2, -0.15) is 8.78 Å². The van der Waals surface area contributed by atoms with E-state index in [2.05, 4.69) is 15.4 Å². The normalized spacial score (nSPS) is 15.9. The van der Waals surface area contributed by atoms with Gasteiger partial charge in [0, 0.05) is 13.7 Å². The molecule has 0 saturated carbocycles. The third kappa shape index (κ3) is 5.69. The van der Waals surface area contributed by atoms with E-state index in [9.17, 15) is 13.6 Å². The van der Waals surface area contributed by atoms with E-state index in [4.69, 9.17) is 9.47 Å². The van der Waals surface area contributed by atoms with Crippen molar-refractivity contribution in [3.05, 3.63) is 23.8 Å². The topological polar surface area (TPSA) is 68.8 Å². The van der Waals surface area contributed by atoms with Gasteiger partial charge < -0.3 is 24.8 Å². The summed E-state index contributed by atoms with van der Waals surface area (Å²) in [6.45, 7) is -1.09. The highest BCUT2D eigenvalue weighted by Crippen LogP contribution is 2.29. The van der Waals surface area contributed by atoms with E-state index >= 15 is 0 Å². The first-order chi connectivity index (χ1) is 12.0. The van der Waals surface area contributed by atoms with Gasteiger partial charge in [0.2, 0.25) is 0 Å². The number of amides is 1. The molecule has 1 aliphatic heterocycles. The Balaban J connectivity index is 0.00000338. The average molecular weight is 395 g/mol. The summed E-state index contributed by atoms with van der Waals surface area (Å²) in [5.41, 5.74) is -0.0386. The van der Waals surface area contributed by atoms with Gasteiger partial charge in [0.05, 0.1) is 7.11 Å². The lowest BCUT2D eigenvalue weighted by atomic mass is 9.91. The van der Waals surface area contributed by atoms with E-state index < -0.39 is 12.2 Å². The summed E-state index contributed by atoms with van der Waals surface area (Å²) < 4.78 is 39.8. The Morgan fingerprint density at radius 3 is 2.54 bits per heavy atom. The number of piperidine rings is 1. The summed E-state index contributed by atoms with van der Waals surface area (Å²) in [6, 6.07) is 4.81. The molecule has 6 nitrogen and oxygen atoms in total.